The highest BCUT2D eigenvalue weighted by Crippen LogP contribution is 2.30. The van der Waals surface area contributed by atoms with Crippen LogP contribution in [0.25, 0.3) is 0 Å². The monoisotopic (exact) mass is 327 g/mol. The lowest BCUT2D eigenvalue weighted by Gasteiger charge is -2.08. The molecule has 1 heterocycles. The van der Waals surface area contributed by atoms with Gasteiger partial charge in [-0.15, -0.1) is 5.10 Å². The first-order valence-electron chi connectivity index (χ1n) is 7.04. The standard InChI is InChI=1S/C15H16F3N3O2/c1-3-21-9-12(14(20-21)23-4-2)13(22)19-11-7-5-10(6-8-11)15(16,17)18/h5-9H,3-4H2,1-2H3,(H,19,22). The maximum Gasteiger partial charge on any atom is 0.416 e. The van der Waals surface area contributed by atoms with Crippen LogP contribution in [-0.4, -0.2) is 22.3 Å². The summed E-state index contributed by atoms with van der Waals surface area (Å²) in [7, 11) is 0. The minimum absolute atomic E-state index is 0.193. The van der Waals surface area contributed by atoms with E-state index in [0.29, 0.717) is 13.2 Å². The molecule has 0 fully saturated rings. The second-order valence-corrected chi connectivity index (χ2v) is 4.67. The molecule has 0 aliphatic carbocycles. The Morgan fingerprint density at radius 2 is 1.91 bits per heavy atom. The van der Waals surface area contributed by atoms with Crippen LogP contribution in [0.3, 0.4) is 0 Å². The van der Waals surface area contributed by atoms with Crippen molar-refractivity contribution in [2.24, 2.45) is 0 Å². The van der Waals surface area contributed by atoms with E-state index in [4.69, 9.17) is 4.74 Å². The van der Waals surface area contributed by atoms with Gasteiger partial charge in [0, 0.05) is 18.4 Å². The van der Waals surface area contributed by atoms with Crippen molar-refractivity contribution in [1.82, 2.24) is 9.78 Å². The predicted molar refractivity (Wildman–Crippen MR) is 78.5 cm³/mol. The normalized spacial score (nSPS) is 11.3. The molecule has 0 atom stereocenters. The van der Waals surface area contributed by atoms with Gasteiger partial charge in [0.2, 0.25) is 5.88 Å². The number of ether oxygens (including phenoxy) is 1. The van der Waals surface area contributed by atoms with Crippen molar-refractivity contribution in [2.45, 2.75) is 26.6 Å². The van der Waals surface area contributed by atoms with Gasteiger partial charge in [-0.3, -0.25) is 9.48 Å². The largest absolute Gasteiger partial charge is 0.476 e. The van der Waals surface area contributed by atoms with Crippen LogP contribution in [0, 0.1) is 0 Å². The number of nitrogens with zero attached hydrogens (tertiary/aromatic N) is 2. The second-order valence-electron chi connectivity index (χ2n) is 4.67. The van der Waals surface area contributed by atoms with Gasteiger partial charge in [0.1, 0.15) is 5.56 Å². The first kappa shape index (κ1) is 16.9. The molecule has 2 rings (SSSR count). The van der Waals surface area contributed by atoms with E-state index in [0.717, 1.165) is 12.1 Å². The molecule has 2 aromatic rings. The summed E-state index contributed by atoms with van der Waals surface area (Å²) in [5.41, 5.74) is -0.285. The van der Waals surface area contributed by atoms with Crippen molar-refractivity contribution in [1.29, 1.82) is 0 Å². The highest BCUT2D eigenvalue weighted by atomic mass is 19.4. The van der Waals surface area contributed by atoms with E-state index in [9.17, 15) is 18.0 Å². The van der Waals surface area contributed by atoms with Gasteiger partial charge in [-0.25, -0.2) is 0 Å². The number of carbonyl (C=O) groups is 1. The van der Waals surface area contributed by atoms with Gasteiger partial charge in [0.15, 0.2) is 0 Å². The molecule has 0 radical (unpaired) electrons. The van der Waals surface area contributed by atoms with E-state index < -0.39 is 17.6 Å². The third kappa shape index (κ3) is 4.02. The molecule has 5 nitrogen and oxygen atoms in total. The fourth-order valence-corrected chi connectivity index (χ4v) is 1.91. The first-order chi connectivity index (χ1) is 10.8. The van der Waals surface area contributed by atoms with E-state index >= 15 is 0 Å². The van der Waals surface area contributed by atoms with E-state index in [-0.39, 0.29) is 17.1 Å². The van der Waals surface area contributed by atoms with Gasteiger partial charge in [-0.1, -0.05) is 0 Å². The van der Waals surface area contributed by atoms with Gasteiger partial charge in [0.05, 0.1) is 12.2 Å². The molecule has 0 saturated heterocycles. The Kier molecular flexibility index (Phi) is 4.92. The average Bonchev–Trinajstić information content (AvgIpc) is 2.90. The summed E-state index contributed by atoms with van der Waals surface area (Å²) in [6.45, 7) is 4.54. The third-order valence-corrected chi connectivity index (χ3v) is 3.05. The predicted octanol–water partition coefficient (Wildman–Crippen LogP) is 3.57. The summed E-state index contributed by atoms with van der Waals surface area (Å²) in [4.78, 5) is 12.3. The molecule has 0 aliphatic rings. The second kappa shape index (κ2) is 6.72. The van der Waals surface area contributed by atoms with Crippen molar-refractivity contribution in [2.75, 3.05) is 11.9 Å². The number of nitrogens with one attached hydrogen (secondary N) is 1. The molecule has 1 amide bonds. The number of rotatable bonds is 5. The summed E-state index contributed by atoms with van der Waals surface area (Å²) in [5.74, 6) is -0.299. The maximum atomic E-state index is 12.5. The van der Waals surface area contributed by atoms with E-state index in [1.165, 1.54) is 18.3 Å². The van der Waals surface area contributed by atoms with Crippen molar-refractivity contribution in [3.63, 3.8) is 0 Å². The number of aromatic nitrogens is 2. The quantitative estimate of drug-likeness (QED) is 0.913. The van der Waals surface area contributed by atoms with Gasteiger partial charge in [-0.2, -0.15) is 13.2 Å². The molecule has 23 heavy (non-hydrogen) atoms. The third-order valence-electron chi connectivity index (χ3n) is 3.05. The summed E-state index contributed by atoms with van der Waals surface area (Å²) in [5, 5.41) is 6.65. The van der Waals surface area contributed by atoms with E-state index in [1.54, 1.807) is 11.6 Å². The number of benzene rings is 1. The zero-order valence-corrected chi connectivity index (χ0v) is 12.6. The average molecular weight is 327 g/mol. The Morgan fingerprint density at radius 3 is 2.43 bits per heavy atom. The molecule has 0 spiro atoms. The summed E-state index contributed by atoms with van der Waals surface area (Å²) in [6, 6.07) is 4.22. The molecule has 0 aliphatic heterocycles. The number of amides is 1. The lowest BCUT2D eigenvalue weighted by molar-refractivity contribution is -0.137. The molecule has 0 saturated carbocycles. The Hall–Kier alpha value is -2.51. The van der Waals surface area contributed by atoms with E-state index in [1.807, 2.05) is 6.92 Å². The highest BCUT2D eigenvalue weighted by molar-refractivity contribution is 6.05. The van der Waals surface area contributed by atoms with Crippen molar-refractivity contribution in [3.05, 3.63) is 41.6 Å². The molecular formula is C15H16F3N3O2. The molecule has 0 unspecified atom stereocenters. The lowest BCUT2D eigenvalue weighted by Crippen LogP contribution is -2.13. The fraction of sp³-hybridized carbons (Fsp3) is 0.333. The summed E-state index contributed by atoms with van der Waals surface area (Å²) < 4.78 is 44.4. The lowest BCUT2D eigenvalue weighted by atomic mass is 10.2. The molecule has 0 bridgehead atoms. The minimum atomic E-state index is -4.41. The van der Waals surface area contributed by atoms with Crippen LogP contribution < -0.4 is 10.1 Å². The number of anilines is 1. The maximum absolute atomic E-state index is 12.5. The topological polar surface area (TPSA) is 56.2 Å². The van der Waals surface area contributed by atoms with Crippen LogP contribution in [0.2, 0.25) is 0 Å². The van der Waals surface area contributed by atoms with Gasteiger partial charge in [-0.05, 0) is 38.1 Å². The van der Waals surface area contributed by atoms with Crippen LogP contribution in [0.5, 0.6) is 5.88 Å². The molecule has 124 valence electrons. The smallest absolute Gasteiger partial charge is 0.416 e. The molecule has 1 aromatic carbocycles. The number of halogens is 3. The van der Waals surface area contributed by atoms with Gasteiger partial charge < -0.3 is 10.1 Å². The van der Waals surface area contributed by atoms with Gasteiger partial charge in [0.25, 0.3) is 5.91 Å². The number of hydrogen-bond donors (Lipinski definition) is 1. The first-order valence-corrected chi connectivity index (χ1v) is 7.04. The van der Waals surface area contributed by atoms with Crippen LogP contribution in [0.1, 0.15) is 29.8 Å². The Balaban J connectivity index is 2.17. The Labute approximate surface area is 131 Å². The van der Waals surface area contributed by atoms with Crippen molar-refractivity contribution < 1.29 is 22.7 Å². The fourth-order valence-electron chi connectivity index (χ4n) is 1.91. The number of aryl methyl sites for hydroxylation is 1. The van der Waals surface area contributed by atoms with Crippen molar-refractivity contribution >= 4 is 11.6 Å². The molecule has 1 N–H and O–H groups in total. The summed E-state index contributed by atoms with van der Waals surface area (Å²) in [6.07, 6.45) is -2.88. The van der Waals surface area contributed by atoms with Crippen LogP contribution in [0.15, 0.2) is 30.5 Å². The Morgan fingerprint density at radius 1 is 1.26 bits per heavy atom. The van der Waals surface area contributed by atoms with E-state index in [2.05, 4.69) is 10.4 Å². The molecule has 8 heteroatoms. The Bertz CT molecular complexity index is 678. The number of alkyl halides is 3. The molecule has 1 aromatic heterocycles. The zero-order chi connectivity index (χ0) is 17.0. The van der Waals surface area contributed by atoms with Crippen LogP contribution in [0.4, 0.5) is 18.9 Å². The number of carbonyl (C=O) groups excluding carboxylic acids is 1. The van der Waals surface area contributed by atoms with Crippen molar-refractivity contribution in [3.8, 4) is 5.88 Å². The summed E-state index contributed by atoms with van der Waals surface area (Å²) >= 11 is 0. The highest BCUT2D eigenvalue weighted by Gasteiger charge is 2.30. The molecular weight excluding hydrogens is 311 g/mol. The minimum Gasteiger partial charge on any atom is -0.476 e. The SMILES string of the molecule is CCOc1nn(CC)cc1C(=O)Nc1ccc(C(F)(F)F)cc1. The van der Waals surface area contributed by atoms with Crippen LogP contribution in [-0.2, 0) is 12.7 Å². The van der Waals surface area contributed by atoms with Gasteiger partial charge >= 0.3 is 6.18 Å². The zero-order valence-electron chi connectivity index (χ0n) is 12.6. The number of hydrogen-bond acceptors (Lipinski definition) is 3. The van der Waals surface area contributed by atoms with Crippen LogP contribution >= 0.6 is 0 Å².